The number of piperidine rings is 1. The summed E-state index contributed by atoms with van der Waals surface area (Å²) in [6, 6.07) is 0. The molecule has 0 aromatic carbocycles. The summed E-state index contributed by atoms with van der Waals surface area (Å²) in [5.41, 5.74) is 0.861. The van der Waals surface area contributed by atoms with Crippen molar-refractivity contribution < 1.29 is 9.90 Å². The van der Waals surface area contributed by atoms with Crippen LogP contribution in [0.3, 0.4) is 0 Å². The molecule has 0 atom stereocenters. The van der Waals surface area contributed by atoms with Crippen molar-refractivity contribution in [3.8, 4) is 0 Å². The van der Waals surface area contributed by atoms with E-state index in [9.17, 15) is 4.79 Å². The fourth-order valence-electron chi connectivity index (χ4n) is 1.78. The molecule has 2 N–H and O–H groups in total. The molecule has 0 aliphatic carbocycles. The first-order valence-corrected chi connectivity index (χ1v) is 4.77. The van der Waals surface area contributed by atoms with E-state index in [-0.39, 0.29) is 6.42 Å². The van der Waals surface area contributed by atoms with Gasteiger partial charge in [0.25, 0.3) is 0 Å². The van der Waals surface area contributed by atoms with Gasteiger partial charge in [-0.05, 0) is 38.3 Å². The van der Waals surface area contributed by atoms with Gasteiger partial charge in [0.1, 0.15) is 0 Å². The van der Waals surface area contributed by atoms with Gasteiger partial charge in [-0.3, -0.25) is 4.79 Å². The van der Waals surface area contributed by atoms with Gasteiger partial charge in [-0.15, -0.1) is 0 Å². The maximum absolute atomic E-state index is 10.4. The number of carbonyl (C=O) groups is 1. The second kappa shape index (κ2) is 5.02. The lowest BCUT2D eigenvalue weighted by Crippen LogP contribution is -2.27. The molecule has 1 aliphatic rings. The monoisotopic (exact) mass is 183 g/mol. The summed E-state index contributed by atoms with van der Waals surface area (Å²) < 4.78 is 0. The van der Waals surface area contributed by atoms with E-state index < -0.39 is 5.97 Å². The van der Waals surface area contributed by atoms with Gasteiger partial charge in [0.2, 0.25) is 0 Å². The minimum atomic E-state index is -0.765. The lowest BCUT2D eigenvalue weighted by Gasteiger charge is -2.22. The summed E-state index contributed by atoms with van der Waals surface area (Å²) in [4.78, 5) is 10.4. The summed E-state index contributed by atoms with van der Waals surface area (Å²) >= 11 is 0. The Morgan fingerprint density at radius 3 is 2.62 bits per heavy atom. The first-order chi connectivity index (χ1) is 6.18. The van der Waals surface area contributed by atoms with E-state index in [0.29, 0.717) is 5.92 Å². The summed E-state index contributed by atoms with van der Waals surface area (Å²) in [6.45, 7) is 5.91. The van der Waals surface area contributed by atoms with Crippen LogP contribution in [0, 0.1) is 5.92 Å². The van der Waals surface area contributed by atoms with Crippen molar-refractivity contribution in [1.82, 2.24) is 5.32 Å². The van der Waals surface area contributed by atoms with Gasteiger partial charge in [0, 0.05) is 0 Å². The van der Waals surface area contributed by atoms with Gasteiger partial charge in [-0.25, -0.2) is 0 Å². The molecule has 3 nitrogen and oxygen atoms in total. The first-order valence-electron chi connectivity index (χ1n) is 4.77. The summed E-state index contributed by atoms with van der Waals surface area (Å²) in [6.07, 6.45) is 3.31. The third-order valence-electron chi connectivity index (χ3n) is 2.44. The van der Waals surface area contributed by atoms with Crippen molar-refractivity contribution in [2.75, 3.05) is 13.1 Å². The molecule has 0 aromatic rings. The Labute approximate surface area is 78.8 Å². The highest BCUT2D eigenvalue weighted by Gasteiger charge is 2.14. The predicted molar refractivity (Wildman–Crippen MR) is 51.6 cm³/mol. The minimum Gasteiger partial charge on any atom is -0.481 e. The van der Waals surface area contributed by atoms with Crippen molar-refractivity contribution in [2.24, 2.45) is 5.92 Å². The highest BCUT2D eigenvalue weighted by atomic mass is 16.4. The van der Waals surface area contributed by atoms with Crippen LogP contribution in [0.15, 0.2) is 12.2 Å². The smallest absolute Gasteiger partial charge is 0.307 e. The molecule has 0 unspecified atom stereocenters. The maximum Gasteiger partial charge on any atom is 0.307 e. The van der Waals surface area contributed by atoms with E-state index in [1.807, 2.05) is 0 Å². The zero-order valence-electron chi connectivity index (χ0n) is 7.88. The number of hydrogen-bond donors (Lipinski definition) is 2. The lowest BCUT2D eigenvalue weighted by molar-refractivity contribution is -0.136. The fraction of sp³-hybridized carbons (Fsp3) is 0.700. The van der Waals surface area contributed by atoms with Gasteiger partial charge in [-0.1, -0.05) is 12.2 Å². The Morgan fingerprint density at radius 1 is 1.46 bits per heavy atom. The Hall–Kier alpha value is -0.830. The van der Waals surface area contributed by atoms with E-state index in [1.54, 1.807) is 0 Å². The third-order valence-corrected chi connectivity index (χ3v) is 2.44. The van der Waals surface area contributed by atoms with Gasteiger partial charge >= 0.3 is 5.97 Å². The molecule has 3 heteroatoms. The molecule has 1 saturated heterocycles. The van der Waals surface area contributed by atoms with Gasteiger partial charge in [0.15, 0.2) is 0 Å². The molecule has 0 radical (unpaired) electrons. The molecule has 0 saturated carbocycles. The predicted octanol–water partition coefficient (Wildman–Crippen LogP) is 1.41. The van der Waals surface area contributed by atoms with E-state index in [4.69, 9.17) is 5.11 Å². The van der Waals surface area contributed by atoms with Crippen molar-refractivity contribution in [1.29, 1.82) is 0 Å². The Balaban J connectivity index is 2.22. The number of aliphatic carboxylic acids is 1. The molecule has 0 amide bonds. The van der Waals surface area contributed by atoms with Crippen LogP contribution in [0.2, 0.25) is 0 Å². The minimum absolute atomic E-state index is 0.129. The molecular weight excluding hydrogens is 166 g/mol. The van der Waals surface area contributed by atoms with Crippen LogP contribution in [0.5, 0.6) is 0 Å². The Morgan fingerprint density at radius 2 is 2.08 bits per heavy atom. The molecule has 74 valence electrons. The number of rotatable bonds is 4. The molecule has 1 rings (SSSR count). The lowest BCUT2D eigenvalue weighted by atomic mass is 9.90. The van der Waals surface area contributed by atoms with E-state index in [0.717, 1.165) is 37.9 Å². The number of carboxylic acid groups (broad SMARTS) is 1. The normalized spacial score (nSPS) is 18.5. The first kappa shape index (κ1) is 10.3. The van der Waals surface area contributed by atoms with Crippen LogP contribution in [0.4, 0.5) is 0 Å². The fourth-order valence-corrected chi connectivity index (χ4v) is 1.78. The van der Waals surface area contributed by atoms with Crippen LogP contribution in [-0.4, -0.2) is 24.2 Å². The zero-order chi connectivity index (χ0) is 9.68. The molecule has 1 fully saturated rings. The van der Waals surface area contributed by atoms with Crippen LogP contribution >= 0.6 is 0 Å². The van der Waals surface area contributed by atoms with Crippen molar-refractivity contribution >= 4 is 5.97 Å². The molecule has 0 aromatic heterocycles. The highest BCUT2D eigenvalue weighted by Crippen LogP contribution is 2.21. The van der Waals surface area contributed by atoms with Gasteiger partial charge < -0.3 is 10.4 Å². The topological polar surface area (TPSA) is 49.3 Å². The second-order valence-corrected chi connectivity index (χ2v) is 3.72. The molecule has 1 heterocycles. The van der Waals surface area contributed by atoms with E-state index in [1.165, 1.54) is 0 Å². The van der Waals surface area contributed by atoms with Crippen LogP contribution < -0.4 is 5.32 Å². The van der Waals surface area contributed by atoms with E-state index >= 15 is 0 Å². The maximum atomic E-state index is 10.4. The van der Waals surface area contributed by atoms with Crippen molar-refractivity contribution in [3.63, 3.8) is 0 Å². The number of nitrogens with one attached hydrogen (secondary N) is 1. The molecule has 1 aliphatic heterocycles. The molecule has 0 bridgehead atoms. The van der Waals surface area contributed by atoms with Crippen LogP contribution in [0.1, 0.15) is 25.7 Å². The summed E-state index contributed by atoms with van der Waals surface area (Å²) in [5.74, 6) is -0.118. The largest absolute Gasteiger partial charge is 0.481 e. The average molecular weight is 183 g/mol. The molecular formula is C10H17NO2. The Bertz CT molecular complexity index is 195. The molecule has 13 heavy (non-hydrogen) atoms. The van der Waals surface area contributed by atoms with Gasteiger partial charge in [0.05, 0.1) is 6.42 Å². The summed E-state index contributed by atoms with van der Waals surface area (Å²) in [5, 5.41) is 11.8. The van der Waals surface area contributed by atoms with Crippen LogP contribution in [0.25, 0.3) is 0 Å². The third kappa shape index (κ3) is 4.08. The van der Waals surface area contributed by atoms with Gasteiger partial charge in [-0.2, -0.15) is 0 Å². The number of carboxylic acids is 1. The van der Waals surface area contributed by atoms with Crippen molar-refractivity contribution in [3.05, 3.63) is 12.2 Å². The quantitative estimate of drug-likeness (QED) is 0.648. The zero-order valence-corrected chi connectivity index (χ0v) is 7.88. The average Bonchev–Trinajstić information content (AvgIpc) is 2.04. The standard InChI is InChI=1S/C10H17NO2/c1-8(7-10(12)13)6-9-2-4-11-5-3-9/h9,11H,1-7H2,(H,12,13). The highest BCUT2D eigenvalue weighted by molar-refractivity contribution is 5.69. The number of hydrogen-bond acceptors (Lipinski definition) is 2. The van der Waals surface area contributed by atoms with Crippen molar-refractivity contribution in [2.45, 2.75) is 25.7 Å². The SMILES string of the molecule is C=C(CC(=O)O)CC1CCNCC1. The molecule has 0 spiro atoms. The Kier molecular flexibility index (Phi) is 3.96. The van der Waals surface area contributed by atoms with Crippen LogP contribution in [-0.2, 0) is 4.79 Å². The van der Waals surface area contributed by atoms with E-state index in [2.05, 4.69) is 11.9 Å². The second-order valence-electron chi connectivity index (χ2n) is 3.72. The summed E-state index contributed by atoms with van der Waals surface area (Å²) in [7, 11) is 0.